The molecule has 0 aromatic heterocycles. The smallest absolute Gasteiger partial charge is 0.224 e. The fourth-order valence-electron chi connectivity index (χ4n) is 2.34. The third kappa shape index (κ3) is 3.39. The topological polar surface area (TPSA) is 29.1 Å². The lowest BCUT2D eigenvalue weighted by molar-refractivity contribution is -0.121. The minimum absolute atomic E-state index is 0.0310. The van der Waals surface area contributed by atoms with Crippen molar-refractivity contribution < 1.29 is 4.79 Å². The number of fused-ring (bicyclic) bond motifs is 1. The van der Waals surface area contributed by atoms with Gasteiger partial charge in [-0.3, -0.25) is 4.79 Å². The van der Waals surface area contributed by atoms with Crippen molar-refractivity contribution in [2.75, 3.05) is 0 Å². The van der Waals surface area contributed by atoms with Crippen LogP contribution in [0.1, 0.15) is 25.3 Å². The predicted octanol–water partition coefficient (Wildman–Crippen LogP) is 3.30. The van der Waals surface area contributed by atoms with Crippen LogP contribution >= 0.6 is 0 Å². The summed E-state index contributed by atoms with van der Waals surface area (Å²) >= 11 is 0. The fourth-order valence-corrected chi connectivity index (χ4v) is 2.34. The second-order valence-corrected chi connectivity index (χ2v) is 4.90. The lowest BCUT2D eigenvalue weighted by Gasteiger charge is -2.14. The summed E-state index contributed by atoms with van der Waals surface area (Å²) in [5.74, 6) is 2.63. The SMILES string of the molecule is C#CCC(CC)NC(=O)Cc1cccc2ccccc12. The van der Waals surface area contributed by atoms with E-state index in [0.29, 0.717) is 12.8 Å². The van der Waals surface area contributed by atoms with Crippen molar-refractivity contribution in [2.45, 2.75) is 32.2 Å². The van der Waals surface area contributed by atoms with E-state index in [-0.39, 0.29) is 11.9 Å². The summed E-state index contributed by atoms with van der Waals surface area (Å²) in [7, 11) is 0. The van der Waals surface area contributed by atoms with E-state index in [0.717, 1.165) is 22.8 Å². The highest BCUT2D eigenvalue weighted by atomic mass is 16.1. The zero-order valence-electron chi connectivity index (χ0n) is 11.7. The Hall–Kier alpha value is -2.27. The van der Waals surface area contributed by atoms with E-state index in [9.17, 15) is 4.79 Å². The molecule has 0 aliphatic rings. The Kier molecular flexibility index (Phi) is 4.79. The van der Waals surface area contributed by atoms with Gasteiger partial charge in [0.2, 0.25) is 5.91 Å². The summed E-state index contributed by atoms with van der Waals surface area (Å²) in [6.07, 6.45) is 7.13. The first kappa shape index (κ1) is 14.1. The third-order valence-corrected chi connectivity index (χ3v) is 3.45. The Morgan fingerprint density at radius 3 is 2.75 bits per heavy atom. The molecule has 0 saturated heterocycles. The van der Waals surface area contributed by atoms with Crippen LogP contribution in [0.3, 0.4) is 0 Å². The van der Waals surface area contributed by atoms with Crippen LogP contribution in [0.4, 0.5) is 0 Å². The van der Waals surface area contributed by atoms with E-state index < -0.39 is 0 Å². The van der Waals surface area contributed by atoms with Gasteiger partial charge in [0.1, 0.15) is 0 Å². The number of carbonyl (C=O) groups is 1. The minimum Gasteiger partial charge on any atom is -0.352 e. The number of amides is 1. The zero-order chi connectivity index (χ0) is 14.4. The molecule has 2 aromatic rings. The van der Waals surface area contributed by atoms with Gasteiger partial charge in [-0.05, 0) is 22.8 Å². The molecule has 2 rings (SSSR count). The van der Waals surface area contributed by atoms with Gasteiger partial charge in [-0.25, -0.2) is 0 Å². The highest BCUT2D eigenvalue weighted by molar-refractivity contribution is 5.90. The average Bonchev–Trinajstić information content (AvgIpc) is 2.47. The number of terminal acetylenes is 1. The first-order valence-electron chi connectivity index (χ1n) is 6.94. The summed E-state index contributed by atoms with van der Waals surface area (Å²) in [6, 6.07) is 14.2. The van der Waals surface area contributed by atoms with Crippen molar-refractivity contribution in [3.05, 3.63) is 48.0 Å². The molecule has 0 saturated carbocycles. The van der Waals surface area contributed by atoms with Gasteiger partial charge in [-0.2, -0.15) is 0 Å². The second-order valence-electron chi connectivity index (χ2n) is 4.90. The van der Waals surface area contributed by atoms with Gasteiger partial charge in [0, 0.05) is 12.5 Å². The number of rotatable bonds is 5. The fraction of sp³-hybridized carbons (Fsp3) is 0.278. The number of hydrogen-bond donors (Lipinski definition) is 1. The molecule has 1 unspecified atom stereocenters. The number of nitrogens with one attached hydrogen (secondary N) is 1. The van der Waals surface area contributed by atoms with Crippen molar-refractivity contribution >= 4 is 16.7 Å². The molecular weight excluding hydrogens is 246 g/mol. The normalized spacial score (nSPS) is 11.8. The first-order valence-corrected chi connectivity index (χ1v) is 6.94. The van der Waals surface area contributed by atoms with E-state index >= 15 is 0 Å². The molecule has 0 radical (unpaired) electrons. The van der Waals surface area contributed by atoms with Gasteiger partial charge in [-0.15, -0.1) is 12.3 Å². The van der Waals surface area contributed by atoms with Crippen molar-refractivity contribution in [2.24, 2.45) is 0 Å². The molecule has 0 heterocycles. The van der Waals surface area contributed by atoms with Gasteiger partial charge in [0.05, 0.1) is 6.42 Å². The molecule has 0 fully saturated rings. The number of carbonyl (C=O) groups excluding carboxylic acids is 1. The summed E-state index contributed by atoms with van der Waals surface area (Å²) in [4.78, 5) is 12.1. The lowest BCUT2D eigenvalue weighted by atomic mass is 10.0. The molecule has 2 aromatic carbocycles. The molecular formula is C18H19NO. The third-order valence-electron chi connectivity index (χ3n) is 3.45. The quantitative estimate of drug-likeness (QED) is 0.826. The van der Waals surface area contributed by atoms with Crippen molar-refractivity contribution in [1.29, 1.82) is 0 Å². The molecule has 1 amide bonds. The second kappa shape index (κ2) is 6.77. The molecule has 2 nitrogen and oxygen atoms in total. The molecule has 0 aliphatic heterocycles. The van der Waals surface area contributed by atoms with Gasteiger partial charge < -0.3 is 5.32 Å². The van der Waals surface area contributed by atoms with Gasteiger partial charge in [-0.1, -0.05) is 49.4 Å². The van der Waals surface area contributed by atoms with Crippen LogP contribution in [0.2, 0.25) is 0 Å². The largest absolute Gasteiger partial charge is 0.352 e. The monoisotopic (exact) mass is 265 g/mol. The minimum atomic E-state index is 0.0310. The van der Waals surface area contributed by atoms with Crippen LogP contribution in [0.15, 0.2) is 42.5 Å². The van der Waals surface area contributed by atoms with Crippen LogP contribution in [0.25, 0.3) is 10.8 Å². The summed E-state index contributed by atoms with van der Waals surface area (Å²) < 4.78 is 0. The Morgan fingerprint density at radius 2 is 2.00 bits per heavy atom. The van der Waals surface area contributed by atoms with Crippen LogP contribution in [-0.4, -0.2) is 11.9 Å². The maximum atomic E-state index is 12.1. The van der Waals surface area contributed by atoms with Gasteiger partial charge in [0.25, 0.3) is 0 Å². The highest BCUT2D eigenvalue weighted by Crippen LogP contribution is 2.18. The standard InChI is InChI=1S/C18H19NO/c1-3-8-16(4-2)19-18(20)13-15-11-7-10-14-9-5-6-12-17(14)15/h1,5-7,9-12,16H,4,8,13H2,2H3,(H,19,20). The van der Waals surface area contributed by atoms with Crippen LogP contribution < -0.4 is 5.32 Å². The molecule has 0 spiro atoms. The maximum Gasteiger partial charge on any atom is 0.224 e. The highest BCUT2D eigenvalue weighted by Gasteiger charge is 2.11. The predicted molar refractivity (Wildman–Crippen MR) is 83.3 cm³/mol. The maximum absolute atomic E-state index is 12.1. The van der Waals surface area contributed by atoms with Gasteiger partial charge >= 0.3 is 0 Å². The average molecular weight is 265 g/mol. The van der Waals surface area contributed by atoms with Crippen LogP contribution in [0.5, 0.6) is 0 Å². The van der Waals surface area contributed by atoms with E-state index in [1.807, 2.05) is 31.2 Å². The molecule has 1 N–H and O–H groups in total. The van der Waals surface area contributed by atoms with Crippen molar-refractivity contribution in [1.82, 2.24) is 5.32 Å². The Labute approximate surface area is 120 Å². The van der Waals surface area contributed by atoms with Crippen LogP contribution in [-0.2, 0) is 11.2 Å². The molecule has 20 heavy (non-hydrogen) atoms. The van der Waals surface area contributed by atoms with Crippen molar-refractivity contribution in [3.8, 4) is 12.3 Å². The van der Waals surface area contributed by atoms with E-state index in [2.05, 4.69) is 29.4 Å². The zero-order valence-corrected chi connectivity index (χ0v) is 11.7. The van der Waals surface area contributed by atoms with Crippen molar-refractivity contribution in [3.63, 3.8) is 0 Å². The summed E-state index contributed by atoms with van der Waals surface area (Å²) in [6.45, 7) is 2.03. The Bertz CT molecular complexity index is 634. The Morgan fingerprint density at radius 1 is 1.25 bits per heavy atom. The summed E-state index contributed by atoms with van der Waals surface area (Å²) in [5.41, 5.74) is 1.05. The number of benzene rings is 2. The molecule has 0 bridgehead atoms. The number of hydrogen-bond acceptors (Lipinski definition) is 1. The molecule has 1 atom stereocenters. The first-order chi connectivity index (χ1) is 9.74. The Balaban J connectivity index is 2.12. The molecule has 102 valence electrons. The van der Waals surface area contributed by atoms with Crippen LogP contribution in [0, 0.1) is 12.3 Å². The van der Waals surface area contributed by atoms with E-state index in [1.165, 1.54) is 0 Å². The van der Waals surface area contributed by atoms with E-state index in [1.54, 1.807) is 0 Å². The lowest BCUT2D eigenvalue weighted by Crippen LogP contribution is -2.35. The molecule has 0 aliphatic carbocycles. The van der Waals surface area contributed by atoms with E-state index in [4.69, 9.17) is 6.42 Å². The van der Waals surface area contributed by atoms with Gasteiger partial charge in [0.15, 0.2) is 0 Å². The molecule has 2 heteroatoms. The summed E-state index contributed by atoms with van der Waals surface area (Å²) in [5, 5.41) is 5.29.